The molecule has 0 amide bonds. The summed E-state index contributed by atoms with van der Waals surface area (Å²) in [6, 6.07) is 12.0. The van der Waals surface area contributed by atoms with E-state index in [2.05, 4.69) is 21.9 Å². The van der Waals surface area contributed by atoms with Gasteiger partial charge in [0.2, 0.25) is 5.95 Å². The standard InChI is InChI=1S/C24H23N7O2S/c1-3-7-16-14-27-24(25)29-21(16)19-15-31(34(32,33)17-8-5-4-6-9-17)22-18(19)10-11-20(28-22)23-26-12-13-30(23)2/h4-6,8-15H,3,7H2,1-2H3,(H2,25,27,29). The molecule has 34 heavy (non-hydrogen) atoms. The monoisotopic (exact) mass is 473 g/mol. The molecule has 0 saturated carbocycles. The second kappa shape index (κ2) is 8.38. The van der Waals surface area contributed by atoms with Crippen LogP contribution in [0.25, 0.3) is 33.8 Å². The fourth-order valence-electron chi connectivity index (χ4n) is 4.00. The van der Waals surface area contributed by atoms with E-state index in [0.29, 0.717) is 33.8 Å². The van der Waals surface area contributed by atoms with Gasteiger partial charge in [-0.25, -0.2) is 32.3 Å². The van der Waals surface area contributed by atoms with Crippen LogP contribution in [0.2, 0.25) is 0 Å². The topological polar surface area (TPSA) is 122 Å². The Morgan fingerprint density at radius 3 is 2.53 bits per heavy atom. The molecule has 0 aliphatic carbocycles. The van der Waals surface area contributed by atoms with E-state index in [1.165, 1.54) is 3.97 Å². The van der Waals surface area contributed by atoms with Gasteiger partial charge in [-0.2, -0.15) is 0 Å². The number of benzene rings is 1. The van der Waals surface area contributed by atoms with Gasteiger partial charge in [0.25, 0.3) is 10.0 Å². The van der Waals surface area contributed by atoms with Crippen molar-refractivity contribution in [3.05, 3.63) is 72.8 Å². The number of fused-ring (bicyclic) bond motifs is 1. The molecule has 9 nitrogen and oxygen atoms in total. The normalized spacial score (nSPS) is 11.8. The quantitative estimate of drug-likeness (QED) is 0.399. The average Bonchev–Trinajstić information content (AvgIpc) is 3.44. The first-order valence-corrected chi connectivity index (χ1v) is 12.3. The number of rotatable bonds is 6. The molecule has 2 N–H and O–H groups in total. The van der Waals surface area contributed by atoms with Crippen LogP contribution in [0.1, 0.15) is 18.9 Å². The Hall–Kier alpha value is -4.05. The van der Waals surface area contributed by atoms with Gasteiger partial charge in [-0.15, -0.1) is 0 Å². The Morgan fingerprint density at radius 2 is 1.82 bits per heavy atom. The molecule has 0 atom stereocenters. The van der Waals surface area contributed by atoms with Crippen molar-refractivity contribution in [2.75, 3.05) is 5.73 Å². The summed E-state index contributed by atoms with van der Waals surface area (Å²) in [7, 11) is -2.07. The predicted molar refractivity (Wildman–Crippen MR) is 130 cm³/mol. The van der Waals surface area contributed by atoms with Crippen molar-refractivity contribution in [2.24, 2.45) is 7.05 Å². The fourth-order valence-corrected chi connectivity index (χ4v) is 5.33. The molecule has 0 aliphatic heterocycles. The van der Waals surface area contributed by atoms with E-state index < -0.39 is 10.0 Å². The molecule has 4 aromatic heterocycles. The number of anilines is 1. The molecule has 0 spiro atoms. The molecule has 0 saturated heterocycles. The molecular formula is C24H23N7O2S. The van der Waals surface area contributed by atoms with Crippen molar-refractivity contribution in [3.8, 4) is 22.8 Å². The minimum Gasteiger partial charge on any atom is -0.368 e. The third-order valence-corrected chi connectivity index (χ3v) is 7.29. The molecular weight excluding hydrogens is 450 g/mol. The van der Waals surface area contributed by atoms with Gasteiger partial charge >= 0.3 is 0 Å². The van der Waals surface area contributed by atoms with Gasteiger partial charge in [0, 0.05) is 42.8 Å². The molecule has 0 bridgehead atoms. The largest absolute Gasteiger partial charge is 0.368 e. The van der Waals surface area contributed by atoms with E-state index in [4.69, 9.17) is 10.7 Å². The molecule has 1 aromatic carbocycles. The highest BCUT2D eigenvalue weighted by Crippen LogP contribution is 2.34. The van der Waals surface area contributed by atoms with Crippen molar-refractivity contribution >= 4 is 27.0 Å². The number of nitrogens with zero attached hydrogens (tertiary/aromatic N) is 6. The first-order chi connectivity index (χ1) is 16.4. The predicted octanol–water partition coefficient (Wildman–Crippen LogP) is 3.67. The number of pyridine rings is 1. The number of imidazole rings is 1. The molecule has 172 valence electrons. The maximum absolute atomic E-state index is 13.7. The average molecular weight is 474 g/mol. The highest BCUT2D eigenvalue weighted by atomic mass is 32.2. The van der Waals surface area contributed by atoms with Crippen LogP contribution in [0.15, 0.2) is 72.1 Å². The summed E-state index contributed by atoms with van der Waals surface area (Å²) in [4.78, 5) is 17.9. The number of nitrogen functional groups attached to an aromatic ring is 1. The van der Waals surface area contributed by atoms with Crippen LogP contribution in [-0.4, -0.2) is 36.9 Å². The molecule has 5 rings (SSSR count). The summed E-state index contributed by atoms with van der Waals surface area (Å²) in [5.74, 6) is 0.755. The van der Waals surface area contributed by atoms with E-state index in [9.17, 15) is 8.42 Å². The summed E-state index contributed by atoms with van der Waals surface area (Å²) in [5.41, 5.74) is 8.90. The first kappa shape index (κ1) is 21.8. The van der Waals surface area contributed by atoms with E-state index >= 15 is 0 Å². The van der Waals surface area contributed by atoms with Crippen molar-refractivity contribution in [3.63, 3.8) is 0 Å². The number of nitrogens with two attached hydrogens (primary N) is 1. The Labute approximate surface area is 197 Å². The smallest absolute Gasteiger partial charge is 0.269 e. The van der Waals surface area contributed by atoms with Crippen LogP contribution < -0.4 is 5.73 Å². The van der Waals surface area contributed by atoms with Crippen LogP contribution >= 0.6 is 0 Å². The van der Waals surface area contributed by atoms with Crippen molar-refractivity contribution in [1.82, 2.24) is 28.5 Å². The highest BCUT2D eigenvalue weighted by Gasteiger charge is 2.25. The van der Waals surface area contributed by atoms with Gasteiger partial charge in [0.1, 0.15) is 5.69 Å². The Bertz CT molecular complexity index is 1610. The molecule has 0 fully saturated rings. The van der Waals surface area contributed by atoms with Gasteiger partial charge in [-0.05, 0) is 36.2 Å². The van der Waals surface area contributed by atoms with Crippen molar-refractivity contribution < 1.29 is 8.42 Å². The van der Waals surface area contributed by atoms with E-state index in [-0.39, 0.29) is 10.8 Å². The van der Waals surface area contributed by atoms with Crippen molar-refractivity contribution in [2.45, 2.75) is 24.7 Å². The van der Waals surface area contributed by atoms with E-state index in [1.807, 2.05) is 29.9 Å². The van der Waals surface area contributed by atoms with E-state index in [1.54, 1.807) is 48.9 Å². The Morgan fingerprint density at radius 1 is 1.03 bits per heavy atom. The molecule has 0 unspecified atom stereocenters. The van der Waals surface area contributed by atoms with Crippen molar-refractivity contribution in [1.29, 1.82) is 0 Å². The lowest BCUT2D eigenvalue weighted by atomic mass is 10.0. The first-order valence-electron chi connectivity index (χ1n) is 10.8. The lowest BCUT2D eigenvalue weighted by Gasteiger charge is -2.08. The summed E-state index contributed by atoms with van der Waals surface area (Å²) in [5, 5.41) is 0.646. The van der Waals surface area contributed by atoms with Gasteiger partial charge in [-0.3, -0.25) is 0 Å². The SMILES string of the molecule is CCCc1cnc(N)nc1-c1cn(S(=O)(=O)c2ccccc2)c2nc(-c3nccn3C)ccc12. The molecule has 5 aromatic rings. The molecule has 4 heterocycles. The molecule has 0 aliphatic rings. The minimum atomic E-state index is -3.93. The zero-order valence-electron chi connectivity index (χ0n) is 18.8. The zero-order valence-corrected chi connectivity index (χ0v) is 19.6. The van der Waals surface area contributed by atoms with Crippen LogP contribution in [-0.2, 0) is 23.5 Å². The van der Waals surface area contributed by atoms with Crippen LogP contribution in [0.4, 0.5) is 5.95 Å². The number of hydrogen-bond acceptors (Lipinski definition) is 7. The van der Waals surface area contributed by atoms with Gasteiger partial charge in [-0.1, -0.05) is 31.5 Å². The summed E-state index contributed by atoms with van der Waals surface area (Å²) in [6.07, 6.45) is 8.37. The second-order valence-electron chi connectivity index (χ2n) is 7.94. The lowest BCUT2D eigenvalue weighted by molar-refractivity contribution is 0.589. The maximum atomic E-state index is 13.7. The van der Waals surface area contributed by atoms with Crippen LogP contribution in [0.5, 0.6) is 0 Å². The number of hydrogen-bond donors (Lipinski definition) is 1. The fraction of sp³-hybridized carbons (Fsp3) is 0.167. The number of aryl methyl sites for hydroxylation is 2. The van der Waals surface area contributed by atoms with Crippen LogP contribution in [0, 0.1) is 0 Å². The van der Waals surface area contributed by atoms with Gasteiger partial charge in [0.15, 0.2) is 11.5 Å². The summed E-state index contributed by atoms with van der Waals surface area (Å²) in [6.45, 7) is 2.06. The Balaban J connectivity index is 1.83. The lowest BCUT2D eigenvalue weighted by Crippen LogP contribution is -2.12. The number of aromatic nitrogens is 6. The Kier molecular flexibility index (Phi) is 5.37. The third kappa shape index (κ3) is 3.61. The molecule has 0 radical (unpaired) electrons. The third-order valence-electron chi connectivity index (χ3n) is 5.63. The maximum Gasteiger partial charge on any atom is 0.269 e. The minimum absolute atomic E-state index is 0.124. The molecule has 10 heteroatoms. The second-order valence-corrected chi connectivity index (χ2v) is 9.75. The van der Waals surface area contributed by atoms with Gasteiger partial charge in [0.05, 0.1) is 10.6 Å². The highest BCUT2D eigenvalue weighted by molar-refractivity contribution is 7.90. The summed E-state index contributed by atoms with van der Waals surface area (Å²) < 4.78 is 30.4. The van der Waals surface area contributed by atoms with E-state index in [0.717, 1.165) is 18.4 Å². The zero-order chi connectivity index (χ0) is 23.9. The summed E-state index contributed by atoms with van der Waals surface area (Å²) >= 11 is 0. The van der Waals surface area contributed by atoms with Gasteiger partial charge < -0.3 is 10.3 Å². The van der Waals surface area contributed by atoms with Crippen LogP contribution in [0.3, 0.4) is 0 Å².